The Hall–Kier alpha value is -0.570. The maximum Gasteiger partial charge on any atom is 0.249 e. The SMILES string of the molecule is CC(C)[C@H](O)C(=O)NC1CC1. The van der Waals surface area contributed by atoms with Crippen molar-refractivity contribution >= 4 is 5.91 Å². The van der Waals surface area contributed by atoms with Crippen LogP contribution in [0.1, 0.15) is 26.7 Å². The van der Waals surface area contributed by atoms with E-state index in [0.29, 0.717) is 6.04 Å². The van der Waals surface area contributed by atoms with Crippen molar-refractivity contribution in [3.63, 3.8) is 0 Å². The van der Waals surface area contributed by atoms with E-state index in [1.807, 2.05) is 13.8 Å². The van der Waals surface area contributed by atoms with Crippen molar-refractivity contribution in [3.8, 4) is 0 Å². The van der Waals surface area contributed by atoms with Crippen molar-refractivity contribution in [2.45, 2.75) is 38.8 Å². The molecular formula is C8H15NO2. The molecule has 0 unspecified atom stereocenters. The Kier molecular flexibility index (Phi) is 2.49. The molecule has 1 fully saturated rings. The Bertz CT molecular complexity index is 152. The van der Waals surface area contributed by atoms with Crippen LogP contribution in [0, 0.1) is 5.92 Å². The van der Waals surface area contributed by atoms with Crippen LogP contribution in [0.2, 0.25) is 0 Å². The first-order chi connectivity index (χ1) is 5.11. The Morgan fingerprint density at radius 1 is 1.55 bits per heavy atom. The number of nitrogens with one attached hydrogen (secondary N) is 1. The van der Waals surface area contributed by atoms with Gasteiger partial charge in [-0.05, 0) is 18.8 Å². The summed E-state index contributed by atoms with van der Waals surface area (Å²) < 4.78 is 0. The minimum absolute atomic E-state index is 0.00810. The Morgan fingerprint density at radius 2 is 2.09 bits per heavy atom. The molecule has 1 atom stereocenters. The molecule has 0 aromatic carbocycles. The van der Waals surface area contributed by atoms with Gasteiger partial charge in [-0.2, -0.15) is 0 Å². The number of amides is 1. The minimum atomic E-state index is -0.837. The van der Waals surface area contributed by atoms with Crippen molar-refractivity contribution in [2.75, 3.05) is 0 Å². The lowest BCUT2D eigenvalue weighted by Crippen LogP contribution is -2.38. The van der Waals surface area contributed by atoms with Crippen molar-refractivity contribution in [3.05, 3.63) is 0 Å². The van der Waals surface area contributed by atoms with E-state index in [1.165, 1.54) is 0 Å². The number of hydrogen-bond acceptors (Lipinski definition) is 2. The first kappa shape index (κ1) is 8.53. The van der Waals surface area contributed by atoms with E-state index in [0.717, 1.165) is 12.8 Å². The molecule has 2 N–H and O–H groups in total. The topological polar surface area (TPSA) is 49.3 Å². The zero-order valence-corrected chi connectivity index (χ0v) is 7.00. The lowest BCUT2D eigenvalue weighted by Gasteiger charge is -2.13. The molecule has 0 bridgehead atoms. The Morgan fingerprint density at radius 3 is 2.45 bits per heavy atom. The van der Waals surface area contributed by atoms with Gasteiger partial charge in [0.25, 0.3) is 0 Å². The molecule has 11 heavy (non-hydrogen) atoms. The van der Waals surface area contributed by atoms with Crippen LogP contribution in [0.25, 0.3) is 0 Å². The smallest absolute Gasteiger partial charge is 0.249 e. The van der Waals surface area contributed by atoms with Gasteiger partial charge < -0.3 is 10.4 Å². The summed E-state index contributed by atoms with van der Waals surface area (Å²) in [5.74, 6) is -0.212. The van der Waals surface area contributed by atoms with E-state index in [4.69, 9.17) is 0 Å². The highest BCUT2D eigenvalue weighted by Gasteiger charge is 2.27. The predicted molar refractivity (Wildman–Crippen MR) is 42.0 cm³/mol. The molecule has 1 saturated carbocycles. The third-order valence-electron chi connectivity index (χ3n) is 1.82. The van der Waals surface area contributed by atoms with Crippen molar-refractivity contribution in [2.24, 2.45) is 5.92 Å². The second kappa shape index (κ2) is 3.22. The normalized spacial score (nSPS) is 20.0. The van der Waals surface area contributed by atoms with E-state index in [2.05, 4.69) is 5.32 Å². The van der Waals surface area contributed by atoms with Gasteiger partial charge in [0.05, 0.1) is 0 Å². The second-order valence-corrected chi connectivity index (χ2v) is 3.47. The van der Waals surface area contributed by atoms with Gasteiger partial charge in [0.1, 0.15) is 6.10 Å². The average molecular weight is 157 g/mol. The highest BCUT2D eigenvalue weighted by atomic mass is 16.3. The molecule has 0 spiro atoms. The number of aliphatic hydroxyl groups is 1. The van der Waals surface area contributed by atoms with Gasteiger partial charge in [0, 0.05) is 6.04 Å². The fourth-order valence-corrected chi connectivity index (χ4v) is 0.817. The summed E-state index contributed by atoms with van der Waals surface area (Å²) in [7, 11) is 0. The van der Waals surface area contributed by atoms with E-state index in [1.54, 1.807) is 0 Å². The summed E-state index contributed by atoms with van der Waals surface area (Å²) in [5, 5.41) is 12.0. The van der Waals surface area contributed by atoms with Crippen molar-refractivity contribution in [1.29, 1.82) is 0 Å². The van der Waals surface area contributed by atoms with Crippen LogP contribution in [0.4, 0.5) is 0 Å². The van der Waals surface area contributed by atoms with Gasteiger partial charge in [-0.25, -0.2) is 0 Å². The zero-order valence-electron chi connectivity index (χ0n) is 7.00. The van der Waals surface area contributed by atoms with Gasteiger partial charge in [-0.3, -0.25) is 4.79 Å². The van der Waals surface area contributed by atoms with Crippen LogP contribution >= 0.6 is 0 Å². The van der Waals surface area contributed by atoms with E-state index >= 15 is 0 Å². The fraction of sp³-hybridized carbons (Fsp3) is 0.875. The summed E-state index contributed by atoms with van der Waals surface area (Å²) >= 11 is 0. The third-order valence-corrected chi connectivity index (χ3v) is 1.82. The van der Waals surface area contributed by atoms with Gasteiger partial charge in [-0.15, -0.1) is 0 Å². The van der Waals surface area contributed by atoms with Crippen molar-refractivity contribution in [1.82, 2.24) is 5.32 Å². The molecule has 0 aromatic rings. The van der Waals surface area contributed by atoms with Crippen LogP contribution in [0.3, 0.4) is 0 Å². The lowest BCUT2D eigenvalue weighted by atomic mass is 10.1. The molecule has 0 aromatic heterocycles. The van der Waals surface area contributed by atoms with Crippen LogP contribution < -0.4 is 5.32 Å². The Labute approximate surface area is 66.8 Å². The number of carbonyl (C=O) groups is 1. The lowest BCUT2D eigenvalue weighted by molar-refractivity contribution is -0.131. The van der Waals surface area contributed by atoms with Crippen LogP contribution in [0.15, 0.2) is 0 Å². The molecule has 3 nitrogen and oxygen atoms in total. The van der Waals surface area contributed by atoms with Crippen molar-refractivity contribution < 1.29 is 9.90 Å². The van der Waals surface area contributed by atoms with Gasteiger partial charge in [0.15, 0.2) is 0 Å². The van der Waals surface area contributed by atoms with Crippen LogP contribution in [-0.4, -0.2) is 23.2 Å². The second-order valence-electron chi connectivity index (χ2n) is 3.47. The molecule has 1 rings (SSSR count). The predicted octanol–water partition coefficient (Wildman–Crippen LogP) is 0.282. The largest absolute Gasteiger partial charge is 0.383 e. The maximum absolute atomic E-state index is 11.1. The number of carbonyl (C=O) groups excluding carboxylic acids is 1. The summed E-state index contributed by atoms with van der Waals surface area (Å²) in [6.07, 6.45) is 1.29. The average Bonchev–Trinajstić information content (AvgIpc) is 2.69. The summed E-state index contributed by atoms with van der Waals surface area (Å²) in [5.41, 5.74) is 0. The third kappa shape index (κ3) is 2.50. The monoisotopic (exact) mass is 157 g/mol. The molecule has 3 heteroatoms. The molecule has 0 saturated heterocycles. The molecule has 1 aliphatic carbocycles. The first-order valence-electron chi connectivity index (χ1n) is 4.09. The minimum Gasteiger partial charge on any atom is -0.383 e. The van der Waals surface area contributed by atoms with Gasteiger partial charge >= 0.3 is 0 Å². The van der Waals surface area contributed by atoms with E-state index in [9.17, 15) is 9.90 Å². The Balaban J connectivity index is 2.26. The van der Waals surface area contributed by atoms with E-state index in [-0.39, 0.29) is 11.8 Å². The summed E-state index contributed by atoms with van der Waals surface area (Å²) in [4.78, 5) is 11.1. The molecule has 0 radical (unpaired) electrons. The molecule has 64 valence electrons. The zero-order chi connectivity index (χ0) is 8.43. The molecule has 1 amide bonds. The summed E-state index contributed by atoms with van der Waals surface area (Å²) in [6.45, 7) is 3.66. The highest BCUT2D eigenvalue weighted by molar-refractivity contribution is 5.81. The molecule has 1 aliphatic rings. The highest BCUT2D eigenvalue weighted by Crippen LogP contribution is 2.19. The molecular weight excluding hydrogens is 142 g/mol. The van der Waals surface area contributed by atoms with Gasteiger partial charge in [0.2, 0.25) is 5.91 Å². The number of hydrogen-bond donors (Lipinski definition) is 2. The molecule has 0 heterocycles. The maximum atomic E-state index is 11.1. The molecule has 0 aliphatic heterocycles. The fourth-order valence-electron chi connectivity index (χ4n) is 0.817. The number of rotatable bonds is 3. The van der Waals surface area contributed by atoms with Crippen LogP contribution in [-0.2, 0) is 4.79 Å². The van der Waals surface area contributed by atoms with E-state index < -0.39 is 6.10 Å². The van der Waals surface area contributed by atoms with Gasteiger partial charge in [-0.1, -0.05) is 13.8 Å². The van der Waals surface area contributed by atoms with Crippen LogP contribution in [0.5, 0.6) is 0 Å². The summed E-state index contributed by atoms with van der Waals surface area (Å²) in [6, 6.07) is 0.343. The standard InChI is InChI=1S/C8H15NO2/c1-5(2)7(10)8(11)9-6-3-4-6/h5-7,10H,3-4H2,1-2H3,(H,9,11)/t7-/m0/s1. The first-order valence-corrected chi connectivity index (χ1v) is 4.09. The quantitative estimate of drug-likeness (QED) is 0.618. The number of aliphatic hydroxyl groups excluding tert-OH is 1.